The number of ether oxygens (including phenoxy) is 2. The van der Waals surface area contributed by atoms with E-state index < -0.39 is 18.0 Å². The van der Waals surface area contributed by atoms with E-state index >= 15 is 0 Å². The van der Waals surface area contributed by atoms with Crippen LogP contribution in [0.4, 0.5) is 13.2 Å². The van der Waals surface area contributed by atoms with Gasteiger partial charge in [-0.2, -0.15) is 13.2 Å². The second kappa shape index (κ2) is 9.80. The van der Waals surface area contributed by atoms with Crippen LogP contribution in [-0.4, -0.2) is 29.2 Å². The number of aliphatic hydroxyl groups is 2. The Hall–Kier alpha value is -2.25. The molecule has 0 saturated heterocycles. The molecule has 7 heteroatoms. The van der Waals surface area contributed by atoms with Crippen molar-refractivity contribution in [3.8, 4) is 11.5 Å². The highest BCUT2D eigenvalue weighted by atomic mass is 19.4. The first-order chi connectivity index (χ1) is 13.1. The smallest absolute Gasteiger partial charge is 0.416 e. The minimum absolute atomic E-state index is 0.222. The highest BCUT2D eigenvalue weighted by Crippen LogP contribution is 2.32. The van der Waals surface area contributed by atoms with Crippen molar-refractivity contribution >= 4 is 0 Å². The van der Waals surface area contributed by atoms with Gasteiger partial charge >= 0.3 is 6.18 Å². The van der Waals surface area contributed by atoms with Gasteiger partial charge in [-0.05, 0) is 61.7 Å². The first kappa shape index (κ1) is 22.0. The minimum atomic E-state index is -4.36. The van der Waals surface area contributed by atoms with Crippen LogP contribution >= 0.6 is 0 Å². The van der Waals surface area contributed by atoms with Crippen molar-refractivity contribution in [3.63, 3.8) is 0 Å². The normalized spacial score (nSPS) is 12.9. The van der Waals surface area contributed by atoms with E-state index in [4.69, 9.17) is 19.7 Å². The molecule has 154 valence electrons. The van der Waals surface area contributed by atoms with Crippen LogP contribution in [0.5, 0.6) is 11.5 Å². The van der Waals surface area contributed by atoms with Crippen LogP contribution in [0.25, 0.3) is 0 Å². The van der Waals surface area contributed by atoms with E-state index in [2.05, 4.69) is 0 Å². The lowest BCUT2D eigenvalue weighted by Crippen LogP contribution is -2.16. The summed E-state index contributed by atoms with van der Waals surface area (Å²) < 4.78 is 49.5. The molecule has 1 unspecified atom stereocenters. The zero-order valence-electron chi connectivity index (χ0n) is 15.9. The molecule has 0 aliphatic rings. The standard InChI is InChI=1S/C21H25F3O4/c1-14-13-17(21(22,23)24)6-9-19(14)28-15(2)11-12-27-18-7-3-16(4-8-18)5-10-20(25)26/h3-4,6-9,13,15,20,25-26H,5,10-12H2,1-2H3. The molecule has 0 aliphatic heterocycles. The third-order valence-corrected chi connectivity index (χ3v) is 4.24. The van der Waals surface area contributed by atoms with Crippen LogP contribution in [0.3, 0.4) is 0 Å². The van der Waals surface area contributed by atoms with Crippen molar-refractivity contribution < 1.29 is 32.9 Å². The predicted octanol–water partition coefficient (Wildman–Crippen LogP) is 4.49. The fourth-order valence-corrected chi connectivity index (χ4v) is 2.62. The zero-order valence-corrected chi connectivity index (χ0v) is 15.9. The van der Waals surface area contributed by atoms with Crippen molar-refractivity contribution in [1.29, 1.82) is 0 Å². The summed E-state index contributed by atoms with van der Waals surface area (Å²) in [5, 5.41) is 17.8. The monoisotopic (exact) mass is 398 g/mol. The van der Waals surface area contributed by atoms with Crippen molar-refractivity contribution in [2.24, 2.45) is 0 Å². The topological polar surface area (TPSA) is 58.9 Å². The van der Waals surface area contributed by atoms with Gasteiger partial charge in [-0.1, -0.05) is 12.1 Å². The van der Waals surface area contributed by atoms with Crippen LogP contribution in [0, 0.1) is 6.92 Å². The minimum Gasteiger partial charge on any atom is -0.493 e. The van der Waals surface area contributed by atoms with Crippen LogP contribution in [0.1, 0.15) is 36.5 Å². The van der Waals surface area contributed by atoms with Crippen molar-refractivity contribution in [3.05, 3.63) is 59.2 Å². The molecule has 0 heterocycles. The average Bonchev–Trinajstić information content (AvgIpc) is 2.62. The van der Waals surface area contributed by atoms with E-state index in [1.807, 2.05) is 31.2 Å². The summed E-state index contributed by atoms with van der Waals surface area (Å²) in [5.41, 5.74) is 0.728. The average molecular weight is 398 g/mol. The van der Waals surface area contributed by atoms with Gasteiger partial charge in [-0.15, -0.1) is 0 Å². The first-order valence-corrected chi connectivity index (χ1v) is 9.07. The summed E-state index contributed by atoms with van der Waals surface area (Å²) in [4.78, 5) is 0. The number of halogens is 3. The molecule has 1 atom stereocenters. The molecule has 0 radical (unpaired) electrons. The van der Waals surface area contributed by atoms with E-state index in [-0.39, 0.29) is 12.5 Å². The summed E-state index contributed by atoms with van der Waals surface area (Å²) >= 11 is 0. The lowest BCUT2D eigenvalue weighted by Gasteiger charge is -2.18. The molecule has 0 fully saturated rings. The highest BCUT2D eigenvalue weighted by Gasteiger charge is 2.30. The molecule has 2 aromatic carbocycles. The Morgan fingerprint density at radius 3 is 2.25 bits per heavy atom. The second-order valence-electron chi connectivity index (χ2n) is 6.71. The number of hydrogen-bond acceptors (Lipinski definition) is 4. The van der Waals surface area contributed by atoms with Crippen LogP contribution in [0.15, 0.2) is 42.5 Å². The number of rotatable bonds is 9. The fraction of sp³-hybridized carbons (Fsp3) is 0.429. The van der Waals surface area contributed by atoms with Gasteiger partial charge in [0.1, 0.15) is 11.5 Å². The Labute approximate surface area is 162 Å². The molecular weight excluding hydrogens is 373 g/mol. The molecule has 4 nitrogen and oxygen atoms in total. The van der Waals surface area contributed by atoms with Gasteiger partial charge in [0.25, 0.3) is 0 Å². The third kappa shape index (κ3) is 7.05. The van der Waals surface area contributed by atoms with Crippen LogP contribution in [0.2, 0.25) is 0 Å². The number of alkyl halides is 3. The largest absolute Gasteiger partial charge is 0.493 e. The third-order valence-electron chi connectivity index (χ3n) is 4.24. The van der Waals surface area contributed by atoms with Gasteiger partial charge in [0, 0.05) is 12.8 Å². The molecule has 0 aliphatic carbocycles. The number of benzene rings is 2. The maximum Gasteiger partial charge on any atom is 0.416 e. The van der Waals surface area contributed by atoms with Gasteiger partial charge < -0.3 is 19.7 Å². The molecule has 0 saturated carbocycles. The first-order valence-electron chi connectivity index (χ1n) is 9.07. The molecule has 0 amide bonds. The predicted molar refractivity (Wildman–Crippen MR) is 99.4 cm³/mol. The number of hydrogen-bond donors (Lipinski definition) is 2. The molecule has 2 N–H and O–H groups in total. The summed E-state index contributed by atoms with van der Waals surface area (Å²) in [6, 6.07) is 10.8. The summed E-state index contributed by atoms with van der Waals surface area (Å²) in [6.45, 7) is 3.82. The van der Waals surface area contributed by atoms with E-state index in [0.29, 0.717) is 36.5 Å². The molecule has 0 aromatic heterocycles. The Morgan fingerprint density at radius 2 is 1.68 bits per heavy atom. The summed E-state index contributed by atoms with van der Waals surface area (Å²) in [7, 11) is 0. The highest BCUT2D eigenvalue weighted by molar-refractivity contribution is 5.37. The molecular formula is C21H25F3O4. The van der Waals surface area contributed by atoms with Gasteiger partial charge in [0.15, 0.2) is 6.29 Å². The quantitative estimate of drug-likeness (QED) is 0.611. The van der Waals surface area contributed by atoms with Gasteiger partial charge in [-0.3, -0.25) is 0 Å². The van der Waals surface area contributed by atoms with E-state index in [1.165, 1.54) is 6.07 Å². The van der Waals surface area contributed by atoms with Crippen LogP contribution in [-0.2, 0) is 12.6 Å². The Bertz CT molecular complexity index is 742. The fourth-order valence-electron chi connectivity index (χ4n) is 2.62. The van der Waals surface area contributed by atoms with E-state index in [0.717, 1.165) is 17.7 Å². The second-order valence-corrected chi connectivity index (χ2v) is 6.71. The summed E-state index contributed by atoms with van der Waals surface area (Å²) in [6.07, 6.45) is -4.49. The van der Waals surface area contributed by atoms with E-state index in [1.54, 1.807) is 6.92 Å². The molecule has 2 rings (SSSR count). The zero-order chi connectivity index (χ0) is 20.7. The Balaban J connectivity index is 1.79. The van der Waals surface area contributed by atoms with Crippen molar-refractivity contribution in [2.45, 2.75) is 51.7 Å². The van der Waals surface area contributed by atoms with Crippen LogP contribution < -0.4 is 9.47 Å². The maximum atomic E-state index is 12.7. The lowest BCUT2D eigenvalue weighted by atomic mass is 10.1. The van der Waals surface area contributed by atoms with Gasteiger partial charge in [0.2, 0.25) is 0 Å². The molecule has 0 bridgehead atoms. The Morgan fingerprint density at radius 1 is 1.00 bits per heavy atom. The number of aliphatic hydroxyl groups excluding tert-OH is 1. The van der Waals surface area contributed by atoms with E-state index in [9.17, 15) is 13.2 Å². The van der Waals surface area contributed by atoms with Gasteiger partial charge in [-0.25, -0.2) is 0 Å². The van der Waals surface area contributed by atoms with Crippen molar-refractivity contribution in [1.82, 2.24) is 0 Å². The molecule has 0 spiro atoms. The number of aryl methyl sites for hydroxylation is 2. The van der Waals surface area contributed by atoms with Gasteiger partial charge in [0.05, 0.1) is 18.3 Å². The lowest BCUT2D eigenvalue weighted by molar-refractivity contribution is -0.137. The SMILES string of the molecule is Cc1cc(C(F)(F)F)ccc1OC(C)CCOc1ccc(CCC(O)O)cc1. The van der Waals surface area contributed by atoms with Crippen molar-refractivity contribution in [2.75, 3.05) is 6.61 Å². The molecule has 2 aromatic rings. The Kier molecular flexibility index (Phi) is 7.71. The molecule has 28 heavy (non-hydrogen) atoms. The summed E-state index contributed by atoms with van der Waals surface area (Å²) in [5.74, 6) is 1.11. The maximum absolute atomic E-state index is 12.7.